The van der Waals surface area contributed by atoms with Gasteiger partial charge in [0, 0.05) is 0 Å². The van der Waals surface area contributed by atoms with Crippen LogP contribution in [0.5, 0.6) is 0 Å². The molecule has 6 nitrogen and oxygen atoms in total. The number of aromatic carboxylic acids is 1. The van der Waals surface area contributed by atoms with Gasteiger partial charge in [-0.3, -0.25) is 4.79 Å². The van der Waals surface area contributed by atoms with Crippen LogP contribution in [0.1, 0.15) is 17.3 Å². The van der Waals surface area contributed by atoms with Crippen LogP contribution in [-0.4, -0.2) is 29.6 Å². The zero-order valence-corrected chi connectivity index (χ0v) is 10.2. The van der Waals surface area contributed by atoms with Crippen molar-refractivity contribution in [1.82, 2.24) is 0 Å². The predicted octanol–water partition coefficient (Wildman–Crippen LogP) is 1.54. The van der Waals surface area contributed by atoms with E-state index in [1.165, 1.54) is 12.1 Å². The van der Waals surface area contributed by atoms with Crippen LogP contribution >= 0.6 is 11.6 Å². The van der Waals surface area contributed by atoms with Gasteiger partial charge in [-0.1, -0.05) is 11.6 Å². The van der Waals surface area contributed by atoms with E-state index in [4.69, 9.17) is 16.7 Å². The second-order valence-corrected chi connectivity index (χ2v) is 3.58. The minimum atomic E-state index is -1.17. The number of carbonyl (C=O) groups excluding carboxylic acids is 2. The lowest BCUT2D eigenvalue weighted by molar-refractivity contribution is -0.152. The fourth-order valence-electron chi connectivity index (χ4n) is 1.12. The highest BCUT2D eigenvalue weighted by molar-refractivity contribution is 6.39. The molecule has 2 N–H and O–H groups in total. The average molecular weight is 272 g/mol. The Morgan fingerprint density at radius 2 is 2.06 bits per heavy atom. The van der Waals surface area contributed by atoms with E-state index in [2.05, 4.69) is 10.1 Å². The number of ether oxygens (including phenoxy) is 1. The molecular formula is C11H10ClNO5. The number of halogens is 1. The standard InChI is InChI=1S/C11H10ClNO5/c1-2-18-11(17)9(14)13-8-5-6(10(15)16)3-4-7(8)12/h3-5H,2H2,1H3,(H,13,14)(H,15,16). The van der Waals surface area contributed by atoms with E-state index in [0.717, 1.165) is 6.07 Å². The first-order valence-corrected chi connectivity index (χ1v) is 5.34. The Bertz CT molecular complexity index is 500. The van der Waals surface area contributed by atoms with E-state index >= 15 is 0 Å². The third-order valence-corrected chi connectivity index (χ3v) is 2.25. The topological polar surface area (TPSA) is 92.7 Å². The van der Waals surface area contributed by atoms with Crippen LogP contribution in [0, 0.1) is 0 Å². The summed E-state index contributed by atoms with van der Waals surface area (Å²) in [5, 5.41) is 11.1. The van der Waals surface area contributed by atoms with Crippen molar-refractivity contribution in [2.24, 2.45) is 0 Å². The van der Waals surface area contributed by atoms with Crippen molar-refractivity contribution in [1.29, 1.82) is 0 Å². The number of carbonyl (C=O) groups is 3. The molecule has 0 heterocycles. The maximum absolute atomic E-state index is 11.3. The summed E-state index contributed by atoms with van der Waals surface area (Å²) in [5.41, 5.74) is -0.0202. The largest absolute Gasteiger partial charge is 0.478 e. The molecule has 0 saturated heterocycles. The van der Waals surface area contributed by atoms with Crippen molar-refractivity contribution >= 4 is 35.1 Å². The van der Waals surface area contributed by atoms with E-state index in [9.17, 15) is 14.4 Å². The summed E-state index contributed by atoms with van der Waals surface area (Å²) in [6, 6.07) is 3.75. The smallest absolute Gasteiger partial charge is 0.397 e. The molecule has 0 aliphatic carbocycles. The molecule has 1 rings (SSSR count). The maximum atomic E-state index is 11.3. The molecule has 96 valence electrons. The first-order valence-electron chi connectivity index (χ1n) is 4.96. The summed E-state index contributed by atoms with van der Waals surface area (Å²) in [7, 11) is 0. The number of carboxylic acids is 1. The third kappa shape index (κ3) is 3.46. The molecule has 18 heavy (non-hydrogen) atoms. The summed E-state index contributed by atoms with van der Waals surface area (Å²) >= 11 is 5.77. The molecule has 0 saturated carbocycles. The monoisotopic (exact) mass is 271 g/mol. The number of nitrogens with one attached hydrogen (secondary N) is 1. The van der Waals surface area contributed by atoms with Crippen molar-refractivity contribution in [2.75, 3.05) is 11.9 Å². The SMILES string of the molecule is CCOC(=O)C(=O)Nc1cc(C(=O)O)ccc1Cl. The number of rotatable bonds is 3. The van der Waals surface area contributed by atoms with Gasteiger partial charge in [-0.05, 0) is 25.1 Å². The molecule has 0 aliphatic heterocycles. The van der Waals surface area contributed by atoms with Crippen LogP contribution in [0.2, 0.25) is 5.02 Å². The molecule has 0 unspecified atom stereocenters. The summed E-state index contributed by atoms with van der Waals surface area (Å²) in [6.45, 7) is 1.62. The number of esters is 1. The predicted molar refractivity (Wildman–Crippen MR) is 63.7 cm³/mol. The Hall–Kier alpha value is -2.08. The molecule has 0 fully saturated rings. The molecule has 0 aromatic heterocycles. The Labute approximate surface area is 108 Å². The van der Waals surface area contributed by atoms with Gasteiger partial charge >= 0.3 is 17.8 Å². The zero-order valence-electron chi connectivity index (χ0n) is 9.40. The van der Waals surface area contributed by atoms with Crippen LogP contribution < -0.4 is 5.32 Å². The quantitative estimate of drug-likeness (QED) is 0.642. The highest BCUT2D eigenvalue weighted by Gasteiger charge is 2.17. The molecule has 1 amide bonds. The normalized spacial score (nSPS) is 9.67. The molecular weight excluding hydrogens is 262 g/mol. The average Bonchev–Trinajstić information content (AvgIpc) is 2.31. The van der Waals surface area contributed by atoms with Crippen molar-refractivity contribution < 1.29 is 24.2 Å². The highest BCUT2D eigenvalue weighted by Crippen LogP contribution is 2.23. The van der Waals surface area contributed by atoms with Crippen LogP contribution in [0.4, 0.5) is 5.69 Å². The second kappa shape index (κ2) is 6.02. The minimum Gasteiger partial charge on any atom is -0.478 e. The summed E-state index contributed by atoms with van der Waals surface area (Å²) < 4.78 is 4.48. The van der Waals surface area contributed by atoms with Crippen LogP contribution in [0.3, 0.4) is 0 Å². The first kappa shape index (κ1) is 14.0. The van der Waals surface area contributed by atoms with E-state index in [1.54, 1.807) is 6.92 Å². The van der Waals surface area contributed by atoms with Gasteiger partial charge in [-0.2, -0.15) is 0 Å². The van der Waals surface area contributed by atoms with E-state index < -0.39 is 17.8 Å². The lowest BCUT2D eigenvalue weighted by Gasteiger charge is -2.07. The van der Waals surface area contributed by atoms with Gasteiger partial charge in [-0.15, -0.1) is 0 Å². The Kier molecular flexibility index (Phi) is 4.67. The molecule has 0 spiro atoms. The van der Waals surface area contributed by atoms with Crippen molar-refractivity contribution in [3.05, 3.63) is 28.8 Å². The van der Waals surface area contributed by atoms with Crippen molar-refractivity contribution in [3.8, 4) is 0 Å². The van der Waals surface area contributed by atoms with Crippen LogP contribution in [0.25, 0.3) is 0 Å². The first-order chi connectivity index (χ1) is 8.45. The fourth-order valence-corrected chi connectivity index (χ4v) is 1.29. The number of hydrogen-bond acceptors (Lipinski definition) is 4. The molecule has 0 atom stereocenters. The van der Waals surface area contributed by atoms with Gasteiger partial charge in [0.05, 0.1) is 22.9 Å². The number of benzene rings is 1. The lowest BCUT2D eigenvalue weighted by Crippen LogP contribution is -2.25. The number of carboxylic acid groups (broad SMARTS) is 1. The molecule has 1 aromatic carbocycles. The summed E-state index contributed by atoms with van der Waals surface area (Å²) in [6.07, 6.45) is 0. The highest BCUT2D eigenvalue weighted by atomic mass is 35.5. The van der Waals surface area contributed by atoms with E-state index in [1.807, 2.05) is 0 Å². The minimum absolute atomic E-state index is 0.0367. The molecule has 0 aliphatic rings. The number of anilines is 1. The third-order valence-electron chi connectivity index (χ3n) is 1.92. The van der Waals surface area contributed by atoms with Gasteiger partial charge in [-0.25, -0.2) is 9.59 Å². The Morgan fingerprint density at radius 1 is 1.39 bits per heavy atom. The van der Waals surface area contributed by atoms with E-state index in [-0.39, 0.29) is 22.9 Å². The van der Waals surface area contributed by atoms with Gasteiger partial charge in [0.25, 0.3) is 0 Å². The summed E-state index contributed by atoms with van der Waals surface area (Å²) in [5.74, 6) is -3.24. The second-order valence-electron chi connectivity index (χ2n) is 3.17. The number of hydrogen-bond donors (Lipinski definition) is 2. The Balaban J connectivity index is 2.90. The van der Waals surface area contributed by atoms with Crippen LogP contribution in [-0.2, 0) is 14.3 Å². The van der Waals surface area contributed by atoms with Gasteiger partial charge in [0.15, 0.2) is 0 Å². The summed E-state index contributed by atoms with van der Waals surface area (Å²) in [4.78, 5) is 33.2. The van der Waals surface area contributed by atoms with Crippen molar-refractivity contribution in [3.63, 3.8) is 0 Å². The molecule has 1 aromatic rings. The molecule has 0 bridgehead atoms. The maximum Gasteiger partial charge on any atom is 0.397 e. The molecule has 7 heteroatoms. The van der Waals surface area contributed by atoms with Gasteiger partial charge in [0.2, 0.25) is 0 Å². The zero-order chi connectivity index (χ0) is 13.7. The van der Waals surface area contributed by atoms with E-state index in [0.29, 0.717) is 0 Å². The van der Waals surface area contributed by atoms with Crippen molar-refractivity contribution in [2.45, 2.75) is 6.92 Å². The van der Waals surface area contributed by atoms with Crippen LogP contribution in [0.15, 0.2) is 18.2 Å². The van der Waals surface area contributed by atoms with Gasteiger partial charge in [0.1, 0.15) is 0 Å². The number of amides is 1. The van der Waals surface area contributed by atoms with Gasteiger partial charge < -0.3 is 15.2 Å². The Morgan fingerprint density at radius 3 is 2.61 bits per heavy atom. The fraction of sp³-hybridized carbons (Fsp3) is 0.182. The molecule has 0 radical (unpaired) electrons. The lowest BCUT2D eigenvalue weighted by atomic mass is 10.2.